The Bertz CT molecular complexity index is 311. The van der Waals surface area contributed by atoms with E-state index in [0.29, 0.717) is 13.0 Å². The Hall–Kier alpha value is -1.51. The lowest BCUT2D eigenvalue weighted by Gasteiger charge is -2.23. The predicted molar refractivity (Wildman–Crippen MR) is 67.6 cm³/mol. The monoisotopic (exact) mass is 220 g/mol. The summed E-state index contributed by atoms with van der Waals surface area (Å²) in [6.07, 6.45) is 0.553. The highest BCUT2D eigenvalue weighted by Crippen LogP contribution is 2.11. The van der Waals surface area contributed by atoms with Crippen molar-refractivity contribution >= 4 is 11.6 Å². The average Bonchev–Trinajstić information content (AvgIpc) is 2.35. The third-order valence-corrected chi connectivity index (χ3v) is 2.53. The highest BCUT2D eigenvalue weighted by Gasteiger charge is 2.03. The number of likely N-dealkylation sites (N-methyl/N-ethyl adjacent to an activating group) is 1. The Morgan fingerprint density at radius 3 is 2.50 bits per heavy atom. The smallest absolute Gasteiger partial charge is 0.219 e. The molecule has 1 rings (SSSR count). The van der Waals surface area contributed by atoms with Crippen molar-refractivity contribution in [3.8, 4) is 0 Å². The van der Waals surface area contributed by atoms with Gasteiger partial charge in [-0.3, -0.25) is 4.79 Å². The van der Waals surface area contributed by atoms with Crippen molar-refractivity contribution in [2.45, 2.75) is 20.3 Å². The fraction of sp³-hybridized carbons (Fsp3) is 0.462. The number of rotatable bonds is 6. The summed E-state index contributed by atoms with van der Waals surface area (Å²) < 4.78 is 0. The Morgan fingerprint density at radius 1 is 1.25 bits per heavy atom. The summed E-state index contributed by atoms with van der Waals surface area (Å²) in [7, 11) is 0. The third kappa shape index (κ3) is 3.93. The minimum atomic E-state index is 0.115. The van der Waals surface area contributed by atoms with E-state index in [9.17, 15) is 4.79 Å². The maximum Gasteiger partial charge on any atom is 0.219 e. The number of hydrogen-bond donors (Lipinski definition) is 1. The molecule has 0 saturated heterocycles. The first kappa shape index (κ1) is 12.6. The van der Waals surface area contributed by atoms with Crippen molar-refractivity contribution in [2.75, 3.05) is 24.5 Å². The molecule has 3 heteroatoms. The van der Waals surface area contributed by atoms with Gasteiger partial charge in [0.1, 0.15) is 0 Å². The number of para-hydroxylation sites is 1. The highest BCUT2D eigenvalue weighted by molar-refractivity contribution is 5.75. The van der Waals surface area contributed by atoms with Gasteiger partial charge in [-0.15, -0.1) is 0 Å². The van der Waals surface area contributed by atoms with Crippen LogP contribution >= 0.6 is 0 Å². The van der Waals surface area contributed by atoms with Crippen molar-refractivity contribution in [1.29, 1.82) is 0 Å². The molecule has 1 aromatic rings. The van der Waals surface area contributed by atoms with Crippen LogP contribution in [0.15, 0.2) is 30.3 Å². The molecule has 1 amide bonds. The number of nitrogens with zero attached hydrogens (tertiary/aromatic N) is 1. The van der Waals surface area contributed by atoms with Gasteiger partial charge in [0, 0.05) is 31.7 Å². The van der Waals surface area contributed by atoms with Crippen LogP contribution in [0.1, 0.15) is 20.3 Å². The van der Waals surface area contributed by atoms with Crippen molar-refractivity contribution in [3.05, 3.63) is 30.3 Å². The molecule has 0 unspecified atom stereocenters. The van der Waals surface area contributed by atoms with Crippen molar-refractivity contribution in [3.63, 3.8) is 0 Å². The van der Waals surface area contributed by atoms with E-state index in [0.717, 1.165) is 13.1 Å². The summed E-state index contributed by atoms with van der Waals surface area (Å²) in [6.45, 7) is 6.49. The Balaban J connectivity index is 2.41. The summed E-state index contributed by atoms with van der Waals surface area (Å²) in [5, 5.41) is 2.89. The molecule has 88 valence electrons. The van der Waals surface area contributed by atoms with Crippen molar-refractivity contribution < 1.29 is 4.79 Å². The first-order valence-electron chi connectivity index (χ1n) is 5.84. The summed E-state index contributed by atoms with van der Waals surface area (Å²) in [6, 6.07) is 10.2. The SMILES string of the molecule is CCC(=O)NCCN(CC)c1ccccc1. The van der Waals surface area contributed by atoms with Gasteiger partial charge < -0.3 is 10.2 Å². The van der Waals surface area contributed by atoms with Crippen LogP contribution in [0.3, 0.4) is 0 Å². The molecule has 1 aromatic carbocycles. The van der Waals surface area contributed by atoms with E-state index >= 15 is 0 Å². The van der Waals surface area contributed by atoms with Crippen LogP contribution in [0.2, 0.25) is 0 Å². The maximum atomic E-state index is 11.1. The van der Waals surface area contributed by atoms with Gasteiger partial charge in [0.2, 0.25) is 5.91 Å². The first-order valence-corrected chi connectivity index (χ1v) is 5.84. The fourth-order valence-corrected chi connectivity index (χ4v) is 1.56. The van der Waals surface area contributed by atoms with Crippen LogP contribution in [0, 0.1) is 0 Å². The zero-order chi connectivity index (χ0) is 11.8. The van der Waals surface area contributed by atoms with Gasteiger partial charge in [-0.2, -0.15) is 0 Å². The molecule has 0 saturated carbocycles. The molecule has 0 radical (unpaired) electrons. The molecule has 16 heavy (non-hydrogen) atoms. The molecule has 0 heterocycles. The van der Waals surface area contributed by atoms with Crippen molar-refractivity contribution in [1.82, 2.24) is 5.32 Å². The molecular formula is C13H20N2O. The van der Waals surface area contributed by atoms with E-state index in [1.165, 1.54) is 5.69 Å². The third-order valence-electron chi connectivity index (χ3n) is 2.53. The quantitative estimate of drug-likeness (QED) is 0.795. The van der Waals surface area contributed by atoms with Gasteiger partial charge in [-0.25, -0.2) is 0 Å². The lowest BCUT2D eigenvalue weighted by atomic mass is 10.3. The van der Waals surface area contributed by atoms with Gasteiger partial charge in [-0.1, -0.05) is 25.1 Å². The second-order valence-corrected chi connectivity index (χ2v) is 3.62. The molecule has 0 fully saturated rings. The molecule has 0 atom stereocenters. The standard InChI is InChI=1S/C13H20N2O/c1-3-13(16)14-10-11-15(4-2)12-8-6-5-7-9-12/h5-9H,3-4,10-11H2,1-2H3,(H,14,16). The second-order valence-electron chi connectivity index (χ2n) is 3.62. The van der Waals surface area contributed by atoms with Crippen LogP contribution < -0.4 is 10.2 Å². The normalized spacial score (nSPS) is 9.88. The minimum absolute atomic E-state index is 0.115. The summed E-state index contributed by atoms with van der Waals surface area (Å²) in [5.41, 5.74) is 1.20. The van der Waals surface area contributed by atoms with Crippen molar-refractivity contribution in [2.24, 2.45) is 0 Å². The molecule has 0 aliphatic rings. The summed E-state index contributed by atoms with van der Waals surface area (Å²) >= 11 is 0. The van der Waals surface area contributed by atoms with Crippen LogP contribution in [-0.2, 0) is 4.79 Å². The maximum absolute atomic E-state index is 11.1. The zero-order valence-corrected chi connectivity index (χ0v) is 10.1. The highest BCUT2D eigenvalue weighted by atomic mass is 16.1. The first-order chi connectivity index (χ1) is 7.77. The van der Waals surface area contributed by atoms with Gasteiger partial charge in [0.05, 0.1) is 0 Å². The molecule has 0 spiro atoms. The van der Waals surface area contributed by atoms with E-state index in [4.69, 9.17) is 0 Å². The molecular weight excluding hydrogens is 200 g/mol. The lowest BCUT2D eigenvalue weighted by Crippen LogP contribution is -2.34. The number of benzene rings is 1. The Labute approximate surface area is 97.5 Å². The molecule has 0 bridgehead atoms. The number of nitrogens with one attached hydrogen (secondary N) is 1. The molecule has 0 aliphatic heterocycles. The topological polar surface area (TPSA) is 32.3 Å². The Morgan fingerprint density at radius 2 is 1.94 bits per heavy atom. The largest absolute Gasteiger partial charge is 0.370 e. The minimum Gasteiger partial charge on any atom is -0.370 e. The molecule has 0 aromatic heterocycles. The second kappa shape index (κ2) is 6.88. The van der Waals surface area contributed by atoms with Gasteiger partial charge >= 0.3 is 0 Å². The van der Waals surface area contributed by atoms with Gasteiger partial charge in [0.15, 0.2) is 0 Å². The van der Waals surface area contributed by atoms with E-state index in [1.807, 2.05) is 25.1 Å². The molecule has 1 N–H and O–H groups in total. The fourth-order valence-electron chi connectivity index (χ4n) is 1.56. The summed E-state index contributed by atoms with van der Waals surface area (Å²) in [4.78, 5) is 13.3. The average molecular weight is 220 g/mol. The van der Waals surface area contributed by atoms with E-state index in [2.05, 4.69) is 29.3 Å². The number of anilines is 1. The molecule has 0 aliphatic carbocycles. The van der Waals surface area contributed by atoms with E-state index in [-0.39, 0.29) is 5.91 Å². The van der Waals surface area contributed by atoms with E-state index < -0.39 is 0 Å². The van der Waals surface area contributed by atoms with E-state index in [1.54, 1.807) is 0 Å². The lowest BCUT2D eigenvalue weighted by molar-refractivity contribution is -0.120. The number of hydrogen-bond acceptors (Lipinski definition) is 2. The van der Waals surface area contributed by atoms with Gasteiger partial charge in [-0.05, 0) is 19.1 Å². The van der Waals surface area contributed by atoms with Crippen LogP contribution in [-0.4, -0.2) is 25.5 Å². The summed E-state index contributed by atoms with van der Waals surface area (Å²) in [5.74, 6) is 0.115. The molecule has 3 nitrogen and oxygen atoms in total. The Kier molecular flexibility index (Phi) is 5.40. The zero-order valence-electron chi connectivity index (χ0n) is 10.1. The van der Waals surface area contributed by atoms with Crippen LogP contribution in [0.25, 0.3) is 0 Å². The number of amides is 1. The predicted octanol–water partition coefficient (Wildman–Crippen LogP) is 2.04. The van der Waals surface area contributed by atoms with Gasteiger partial charge in [0.25, 0.3) is 0 Å². The number of carbonyl (C=O) groups excluding carboxylic acids is 1. The van der Waals surface area contributed by atoms with Crippen LogP contribution in [0.5, 0.6) is 0 Å². The van der Waals surface area contributed by atoms with Crippen LogP contribution in [0.4, 0.5) is 5.69 Å². The number of carbonyl (C=O) groups is 1.